The number of nitrogens with zero attached hydrogens (tertiary/aromatic N) is 6. The average Bonchev–Trinajstić information content (AvgIpc) is 2.86. The van der Waals surface area contributed by atoms with Gasteiger partial charge in [0.2, 0.25) is 5.95 Å². The van der Waals surface area contributed by atoms with Crippen LogP contribution in [0, 0.1) is 0 Å². The number of nitrogens with two attached hydrogens (primary N) is 1. The first kappa shape index (κ1) is 21.2. The van der Waals surface area contributed by atoms with Crippen LogP contribution in [0.25, 0.3) is 0 Å². The second kappa shape index (κ2) is 9.89. The molecule has 0 bridgehead atoms. The third-order valence-corrected chi connectivity index (χ3v) is 6.42. The first-order valence-corrected chi connectivity index (χ1v) is 11.6. The smallest absolute Gasteiger partial charge is 0.229 e. The van der Waals surface area contributed by atoms with E-state index in [9.17, 15) is 0 Å². The summed E-state index contributed by atoms with van der Waals surface area (Å²) in [7, 11) is 0. The Morgan fingerprint density at radius 2 is 1.22 bits per heavy atom. The van der Waals surface area contributed by atoms with Crippen molar-refractivity contribution in [3.8, 4) is 0 Å². The molecule has 0 saturated carbocycles. The summed E-state index contributed by atoms with van der Waals surface area (Å²) in [5.74, 6) is 2.46. The fraction of sp³-hybridized carbons (Fsp3) is 0.565. The zero-order valence-corrected chi connectivity index (χ0v) is 18.7. The van der Waals surface area contributed by atoms with Gasteiger partial charge in [0.15, 0.2) is 11.6 Å². The van der Waals surface area contributed by atoms with Gasteiger partial charge >= 0.3 is 0 Å². The van der Waals surface area contributed by atoms with Crippen molar-refractivity contribution in [3.63, 3.8) is 0 Å². The highest BCUT2D eigenvalue weighted by molar-refractivity contribution is 5.78. The zero-order valence-electron chi connectivity index (χ0n) is 18.7. The number of hydrogen-bond acceptors (Lipinski definition) is 9. The van der Waals surface area contributed by atoms with E-state index < -0.39 is 0 Å². The fourth-order valence-corrected chi connectivity index (χ4v) is 4.56. The third kappa shape index (κ3) is 4.74. The molecule has 0 atom stereocenters. The maximum Gasteiger partial charge on any atom is 0.229 e. The van der Waals surface area contributed by atoms with Gasteiger partial charge < -0.3 is 29.9 Å². The van der Waals surface area contributed by atoms with Gasteiger partial charge in [-0.1, -0.05) is 30.3 Å². The van der Waals surface area contributed by atoms with Crippen LogP contribution < -0.4 is 20.4 Å². The molecule has 3 aliphatic rings. The second-order valence-corrected chi connectivity index (χ2v) is 8.53. The highest BCUT2D eigenvalue weighted by Gasteiger charge is 2.27. The van der Waals surface area contributed by atoms with Gasteiger partial charge in [-0.3, -0.25) is 4.90 Å². The first-order chi connectivity index (χ1) is 15.8. The van der Waals surface area contributed by atoms with Gasteiger partial charge in [-0.2, -0.15) is 9.97 Å². The number of anilines is 4. The second-order valence-electron chi connectivity index (χ2n) is 8.53. The number of nitrogen functional groups attached to an aromatic ring is 1. The summed E-state index contributed by atoms with van der Waals surface area (Å²) >= 11 is 0. The van der Waals surface area contributed by atoms with Crippen molar-refractivity contribution in [2.75, 3.05) is 99.2 Å². The molecular formula is C23H33N7O2. The Bertz CT molecular complexity index is 838. The standard InChI is InChI=1S/C23H33N7O2/c24-20-21(28-10-14-31-15-11-28)25-23(26-22(20)29-12-16-32-17-13-29)30-8-6-27(7-9-30)18-19-4-2-1-3-5-19/h1-5H,6-18,24H2. The van der Waals surface area contributed by atoms with Crippen LogP contribution in [-0.4, -0.2) is 93.7 Å². The number of aromatic nitrogens is 2. The van der Waals surface area contributed by atoms with Crippen LogP contribution in [0.1, 0.15) is 5.56 Å². The third-order valence-electron chi connectivity index (χ3n) is 6.42. The minimum Gasteiger partial charge on any atom is -0.393 e. The predicted octanol–water partition coefficient (Wildman–Crippen LogP) is 1.05. The van der Waals surface area contributed by atoms with Crippen LogP contribution in [0.4, 0.5) is 23.3 Å². The highest BCUT2D eigenvalue weighted by atomic mass is 16.5. The maximum absolute atomic E-state index is 6.63. The summed E-state index contributed by atoms with van der Waals surface area (Å²) < 4.78 is 11.1. The molecule has 9 nitrogen and oxygen atoms in total. The van der Waals surface area contributed by atoms with E-state index in [1.807, 2.05) is 0 Å². The van der Waals surface area contributed by atoms with Crippen molar-refractivity contribution in [1.29, 1.82) is 0 Å². The average molecular weight is 440 g/mol. The Hall–Kier alpha value is -2.62. The number of piperazine rings is 1. The summed E-state index contributed by atoms with van der Waals surface area (Å²) in [4.78, 5) is 19.2. The normalized spacial score (nSPS) is 20.6. The Kier molecular flexibility index (Phi) is 6.56. The van der Waals surface area contributed by atoms with Crippen molar-refractivity contribution >= 4 is 23.3 Å². The molecule has 4 heterocycles. The molecule has 3 aliphatic heterocycles. The lowest BCUT2D eigenvalue weighted by Gasteiger charge is -2.37. The molecular weight excluding hydrogens is 406 g/mol. The lowest BCUT2D eigenvalue weighted by Crippen LogP contribution is -2.47. The van der Waals surface area contributed by atoms with Crippen LogP contribution in [0.15, 0.2) is 30.3 Å². The Morgan fingerprint density at radius 1 is 0.688 bits per heavy atom. The predicted molar refractivity (Wildman–Crippen MR) is 126 cm³/mol. The van der Waals surface area contributed by atoms with E-state index in [0.717, 1.165) is 76.5 Å². The molecule has 3 fully saturated rings. The van der Waals surface area contributed by atoms with Crippen LogP contribution >= 0.6 is 0 Å². The lowest BCUT2D eigenvalue weighted by molar-refractivity contribution is 0.122. The molecule has 0 aliphatic carbocycles. The summed E-state index contributed by atoms with van der Waals surface area (Å²) in [6.45, 7) is 10.8. The molecule has 3 saturated heterocycles. The van der Waals surface area contributed by atoms with Gasteiger partial charge in [-0.05, 0) is 5.56 Å². The molecule has 0 radical (unpaired) electrons. The van der Waals surface area contributed by atoms with E-state index in [0.29, 0.717) is 32.1 Å². The summed E-state index contributed by atoms with van der Waals surface area (Å²) in [5.41, 5.74) is 8.66. The highest BCUT2D eigenvalue weighted by Crippen LogP contribution is 2.33. The van der Waals surface area contributed by atoms with Crippen molar-refractivity contribution in [2.45, 2.75) is 6.54 Å². The summed E-state index contributed by atoms with van der Waals surface area (Å²) in [6.07, 6.45) is 0. The number of benzene rings is 1. The van der Waals surface area contributed by atoms with E-state index in [1.165, 1.54) is 5.56 Å². The van der Waals surface area contributed by atoms with E-state index in [1.54, 1.807) is 0 Å². The monoisotopic (exact) mass is 439 g/mol. The summed E-state index contributed by atoms with van der Waals surface area (Å²) in [5, 5.41) is 0. The van der Waals surface area contributed by atoms with Crippen molar-refractivity contribution in [3.05, 3.63) is 35.9 Å². The first-order valence-electron chi connectivity index (χ1n) is 11.6. The number of rotatable bonds is 5. The molecule has 2 aromatic rings. The molecule has 172 valence electrons. The van der Waals surface area contributed by atoms with Crippen molar-refractivity contribution < 1.29 is 9.47 Å². The molecule has 0 unspecified atom stereocenters. The van der Waals surface area contributed by atoms with Gasteiger partial charge in [0.1, 0.15) is 5.69 Å². The number of morpholine rings is 2. The SMILES string of the molecule is Nc1c(N2CCOCC2)nc(N2CCN(Cc3ccccc3)CC2)nc1N1CCOCC1. The molecule has 9 heteroatoms. The summed E-state index contributed by atoms with van der Waals surface area (Å²) in [6, 6.07) is 10.7. The minimum atomic E-state index is 0.667. The molecule has 1 aromatic carbocycles. The minimum absolute atomic E-state index is 0.667. The fourth-order valence-electron chi connectivity index (χ4n) is 4.56. The Labute approximate surface area is 189 Å². The van der Waals surface area contributed by atoms with Gasteiger partial charge in [0.05, 0.1) is 26.4 Å². The van der Waals surface area contributed by atoms with Crippen LogP contribution in [0.2, 0.25) is 0 Å². The van der Waals surface area contributed by atoms with E-state index in [2.05, 4.69) is 49.9 Å². The van der Waals surface area contributed by atoms with Gasteiger partial charge in [0, 0.05) is 58.9 Å². The Morgan fingerprint density at radius 3 is 1.75 bits per heavy atom. The van der Waals surface area contributed by atoms with E-state index >= 15 is 0 Å². The molecule has 2 N–H and O–H groups in total. The van der Waals surface area contributed by atoms with Crippen LogP contribution in [0.5, 0.6) is 0 Å². The molecule has 1 aromatic heterocycles. The topological polar surface area (TPSA) is 83.2 Å². The van der Waals surface area contributed by atoms with Crippen molar-refractivity contribution in [2.24, 2.45) is 0 Å². The maximum atomic E-state index is 6.63. The van der Waals surface area contributed by atoms with Crippen molar-refractivity contribution in [1.82, 2.24) is 14.9 Å². The van der Waals surface area contributed by atoms with E-state index in [4.69, 9.17) is 25.2 Å². The molecule has 5 rings (SSSR count). The number of hydrogen-bond donors (Lipinski definition) is 1. The van der Waals surface area contributed by atoms with Crippen LogP contribution in [-0.2, 0) is 16.0 Å². The van der Waals surface area contributed by atoms with Gasteiger partial charge in [-0.15, -0.1) is 0 Å². The lowest BCUT2D eigenvalue weighted by atomic mass is 10.2. The Balaban J connectivity index is 1.35. The van der Waals surface area contributed by atoms with E-state index in [-0.39, 0.29) is 0 Å². The van der Waals surface area contributed by atoms with Crippen LogP contribution in [0.3, 0.4) is 0 Å². The molecule has 0 spiro atoms. The quantitative estimate of drug-likeness (QED) is 0.735. The molecule has 0 amide bonds. The molecule has 32 heavy (non-hydrogen) atoms. The largest absolute Gasteiger partial charge is 0.393 e. The van der Waals surface area contributed by atoms with Gasteiger partial charge in [-0.25, -0.2) is 0 Å². The zero-order chi connectivity index (χ0) is 21.8. The number of ether oxygens (including phenoxy) is 2. The van der Waals surface area contributed by atoms with Gasteiger partial charge in [0.25, 0.3) is 0 Å².